The molecule has 1 saturated carbocycles. The molecule has 1 fully saturated rings. The zero-order valence-electron chi connectivity index (χ0n) is 7.84. The van der Waals surface area contributed by atoms with Crippen LogP contribution in [0.15, 0.2) is 12.7 Å². The average Bonchev–Trinajstić information content (AvgIpc) is 2.05. The van der Waals surface area contributed by atoms with Crippen molar-refractivity contribution < 1.29 is 0 Å². The van der Waals surface area contributed by atoms with Crippen molar-refractivity contribution in [1.29, 1.82) is 5.26 Å². The van der Waals surface area contributed by atoms with Crippen LogP contribution in [0.3, 0.4) is 0 Å². The summed E-state index contributed by atoms with van der Waals surface area (Å²) in [5, 5.41) is 9.09. The Morgan fingerprint density at radius 2 is 2.50 bits per heavy atom. The zero-order chi connectivity index (χ0) is 9.03. The van der Waals surface area contributed by atoms with Crippen LogP contribution in [0.25, 0.3) is 0 Å². The van der Waals surface area contributed by atoms with Gasteiger partial charge >= 0.3 is 0 Å². The molecule has 0 spiro atoms. The van der Waals surface area contributed by atoms with E-state index in [9.17, 15) is 0 Å². The second-order valence-electron chi connectivity index (χ2n) is 4.09. The molecule has 0 bridgehead atoms. The highest BCUT2D eigenvalue weighted by Gasteiger charge is 2.33. The smallest absolute Gasteiger partial charge is 0.0693 e. The van der Waals surface area contributed by atoms with Crippen molar-refractivity contribution in [1.82, 2.24) is 0 Å². The van der Waals surface area contributed by atoms with Crippen molar-refractivity contribution >= 4 is 0 Å². The fourth-order valence-corrected chi connectivity index (χ4v) is 2.27. The maximum atomic E-state index is 9.09. The lowest BCUT2D eigenvalue weighted by Crippen LogP contribution is -2.25. The monoisotopic (exact) mass is 163 g/mol. The lowest BCUT2D eigenvalue weighted by atomic mass is 9.69. The number of rotatable bonds is 2. The first-order chi connectivity index (χ1) is 5.72. The number of nitrogens with zero attached hydrogens (tertiary/aromatic N) is 1. The lowest BCUT2D eigenvalue weighted by Gasteiger charge is -2.33. The highest BCUT2D eigenvalue weighted by atomic mass is 14.4. The molecule has 0 saturated heterocycles. The standard InChI is InChI=1S/C11H17N/c1-3-6-11(9-12)7-4-5-10(2)8-11/h3,10H,1,4-8H2,2H3. The third-order valence-electron chi connectivity index (χ3n) is 2.86. The van der Waals surface area contributed by atoms with E-state index in [0.29, 0.717) is 0 Å². The minimum Gasteiger partial charge on any atom is -0.198 e. The molecular weight excluding hydrogens is 146 g/mol. The third-order valence-corrected chi connectivity index (χ3v) is 2.86. The van der Waals surface area contributed by atoms with Gasteiger partial charge in [0.15, 0.2) is 0 Å². The van der Waals surface area contributed by atoms with E-state index in [2.05, 4.69) is 19.6 Å². The predicted octanol–water partition coefficient (Wildman–Crippen LogP) is 3.28. The summed E-state index contributed by atoms with van der Waals surface area (Å²) < 4.78 is 0. The lowest BCUT2D eigenvalue weighted by molar-refractivity contribution is 0.213. The Hall–Kier alpha value is -0.770. The van der Waals surface area contributed by atoms with E-state index >= 15 is 0 Å². The van der Waals surface area contributed by atoms with Crippen molar-refractivity contribution in [2.45, 2.75) is 39.0 Å². The van der Waals surface area contributed by atoms with Gasteiger partial charge in [-0.2, -0.15) is 5.26 Å². The van der Waals surface area contributed by atoms with Crippen molar-refractivity contribution in [2.75, 3.05) is 0 Å². The molecule has 0 aromatic rings. The van der Waals surface area contributed by atoms with Crippen LogP contribution in [0.5, 0.6) is 0 Å². The van der Waals surface area contributed by atoms with Gasteiger partial charge in [0, 0.05) is 0 Å². The van der Waals surface area contributed by atoms with Gasteiger partial charge in [0.2, 0.25) is 0 Å². The van der Waals surface area contributed by atoms with Crippen molar-refractivity contribution in [3.8, 4) is 6.07 Å². The topological polar surface area (TPSA) is 23.8 Å². The highest BCUT2D eigenvalue weighted by Crippen LogP contribution is 2.41. The Balaban J connectivity index is 2.65. The largest absolute Gasteiger partial charge is 0.198 e. The molecule has 12 heavy (non-hydrogen) atoms. The van der Waals surface area contributed by atoms with Crippen LogP contribution < -0.4 is 0 Å². The summed E-state index contributed by atoms with van der Waals surface area (Å²) in [4.78, 5) is 0. The van der Waals surface area contributed by atoms with E-state index in [1.807, 2.05) is 6.08 Å². The molecule has 0 aromatic carbocycles. The zero-order valence-corrected chi connectivity index (χ0v) is 7.84. The minimum atomic E-state index is -0.0700. The normalized spacial score (nSPS) is 35.5. The number of hydrogen-bond acceptors (Lipinski definition) is 1. The van der Waals surface area contributed by atoms with Gasteiger partial charge in [-0.05, 0) is 25.2 Å². The molecule has 2 unspecified atom stereocenters. The van der Waals surface area contributed by atoms with Gasteiger partial charge in [-0.25, -0.2) is 0 Å². The predicted molar refractivity (Wildman–Crippen MR) is 50.5 cm³/mol. The average molecular weight is 163 g/mol. The molecular formula is C11H17N. The van der Waals surface area contributed by atoms with Crippen LogP contribution in [0.4, 0.5) is 0 Å². The van der Waals surface area contributed by atoms with Crippen LogP contribution in [-0.4, -0.2) is 0 Å². The maximum absolute atomic E-state index is 9.09. The van der Waals surface area contributed by atoms with E-state index in [0.717, 1.165) is 25.2 Å². The van der Waals surface area contributed by atoms with Gasteiger partial charge in [-0.3, -0.25) is 0 Å². The summed E-state index contributed by atoms with van der Waals surface area (Å²) >= 11 is 0. The number of hydrogen-bond donors (Lipinski definition) is 0. The van der Waals surface area contributed by atoms with E-state index in [4.69, 9.17) is 5.26 Å². The van der Waals surface area contributed by atoms with E-state index < -0.39 is 0 Å². The fourth-order valence-electron chi connectivity index (χ4n) is 2.27. The Bertz CT molecular complexity index is 202. The summed E-state index contributed by atoms with van der Waals surface area (Å²) in [5.41, 5.74) is -0.0700. The van der Waals surface area contributed by atoms with Crippen LogP contribution in [0.2, 0.25) is 0 Å². The maximum Gasteiger partial charge on any atom is 0.0693 e. The van der Waals surface area contributed by atoms with Crippen LogP contribution in [0, 0.1) is 22.7 Å². The van der Waals surface area contributed by atoms with E-state index in [-0.39, 0.29) is 5.41 Å². The highest BCUT2D eigenvalue weighted by molar-refractivity contribution is 5.04. The molecule has 0 amide bonds. The van der Waals surface area contributed by atoms with Gasteiger partial charge in [0.05, 0.1) is 11.5 Å². The van der Waals surface area contributed by atoms with Crippen LogP contribution in [0.1, 0.15) is 39.0 Å². The summed E-state index contributed by atoms with van der Waals surface area (Å²) in [6.45, 7) is 5.97. The number of allylic oxidation sites excluding steroid dienone is 1. The quantitative estimate of drug-likeness (QED) is 0.573. The first-order valence-electron chi connectivity index (χ1n) is 4.74. The molecule has 1 aliphatic carbocycles. The first kappa shape index (κ1) is 9.32. The Labute approximate surface area is 75.1 Å². The first-order valence-corrected chi connectivity index (χ1v) is 4.74. The summed E-state index contributed by atoms with van der Waals surface area (Å²) in [6.07, 6.45) is 7.40. The summed E-state index contributed by atoms with van der Waals surface area (Å²) in [6, 6.07) is 2.48. The fraction of sp³-hybridized carbons (Fsp3) is 0.727. The Morgan fingerprint density at radius 3 is 3.00 bits per heavy atom. The Morgan fingerprint density at radius 1 is 1.75 bits per heavy atom. The SMILES string of the molecule is C=CCC1(C#N)CCCC(C)C1. The number of nitriles is 1. The van der Waals surface area contributed by atoms with E-state index in [1.54, 1.807) is 0 Å². The van der Waals surface area contributed by atoms with Crippen molar-refractivity contribution in [2.24, 2.45) is 11.3 Å². The third kappa shape index (κ3) is 1.88. The van der Waals surface area contributed by atoms with Gasteiger partial charge in [0.1, 0.15) is 0 Å². The minimum absolute atomic E-state index is 0.0700. The second-order valence-corrected chi connectivity index (χ2v) is 4.09. The van der Waals surface area contributed by atoms with Gasteiger partial charge < -0.3 is 0 Å². The molecule has 1 rings (SSSR count). The van der Waals surface area contributed by atoms with E-state index in [1.165, 1.54) is 12.8 Å². The molecule has 66 valence electrons. The molecule has 0 N–H and O–H groups in total. The van der Waals surface area contributed by atoms with Crippen LogP contribution >= 0.6 is 0 Å². The molecule has 0 aromatic heterocycles. The summed E-state index contributed by atoms with van der Waals surface area (Å²) in [5.74, 6) is 0.721. The van der Waals surface area contributed by atoms with Crippen molar-refractivity contribution in [3.63, 3.8) is 0 Å². The molecule has 1 aliphatic rings. The Kier molecular flexibility index (Phi) is 2.92. The molecule has 2 atom stereocenters. The molecule has 1 nitrogen and oxygen atoms in total. The molecule has 1 heteroatoms. The van der Waals surface area contributed by atoms with Crippen LogP contribution in [-0.2, 0) is 0 Å². The summed E-state index contributed by atoms with van der Waals surface area (Å²) in [7, 11) is 0. The molecule has 0 heterocycles. The molecule has 0 radical (unpaired) electrons. The second kappa shape index (κ2) is 3.76. The van der Waals surface area contributed by atoms with Crippen molar-refractivity contribution in [3.05, 3.63) is 12.7 Å². The molecule has 0 aliphatic heterocycles. The van der Waals surface area contributed by atoms with Gasteiger partial charge in [-0.1, -0.05) is 25.8 Å². The van der Waals surface area contributed by atoms with Gasteiger partial charge in [0.25, 0.3) is 0 Å². The van der Waals surface area contributed by atoms with Gasteiger partial charge in [-0.15, -0.1) is 6.58 Å².